The topological polar surface area (TPSA) is 99.6 Å². The van der Waals surface area contributed by atoms with Gasteiger partial charge in [0.05, 0.1) is 4.90 Å². The van der Waals surface area contributed by atoms with Gasteiger partial charge in [-0.05, 0) is 12.1 Å². The van der Waals surface area contributed by atoms with Crippen LogP contribution >= 0.6 is 11.3 Å². The van der Waals surface area contributed by atoms with Crippen molar-refractivity contribution < 1.29 is 18.3 Å². The summed E-state index contributed by atoms with van der Waals surface area (Å²) in [4.78, 5) is 17.2. The number of aliphatic hydroxyl groups is 1. The number of aromatic nitrogens is 1. The van der Waals surface area contributed by atoms with Gasteiger partial charge in [0.25, 0.3) is 15.9 Å². The van der Waals surface area contributed by atoms with E-state index < -0.39 is 27.4 Å². The van der Waals surface area contributed by atoms with Crippen LogP contribution in [-0.4, -0.2) is 28.7 Å². The highest BCUT2D eigenvalue weighted by molar-refractivity contribution is 7.89. The second kappa shape index (κ2) is 6.19. The minimum Gasteiger partial charge on any atom is -0.505 e. The molecule has 3 rings (SSSR count). The highest BCUT2D eigenvalue weighted by atomic mass is 32.2. The van der Waals surface area contributed by atoms with E-state index in [-0.39, 0.29) is 15.6 Å². The average Bonchev–Trinajstić information content (AvgIpc) is 3.05. The molecule has 9 heteroatoms. The van der Waals surface area contributed by atoms with E-state index >= 15 is 0 Å². The van der Waals surface area contributed by atoms with Gasteiger partial charge in [0.2, 0.25) is 0 Å². The summed E-state index contributed by atoms with van der Waals surface area (Å²) < 4.78 is 26.1. The van der Waals surface area contributed by atoms with Crippen LogP contribution < -0.4 is 5.32 Å². The Hall–Kier alpha value is -2.91. The molecule has 2 N–H and O–H groups in total. The fourth-order valence-electron chi connectivity index (χ4n) is 2.34. The molecule has 1 amide bonds. The number of hydrogen-bond acceptors (Lipinski definition) is 6. The summed E-state index contributed by atoms with van der Waals surface area (Å²) in [6, 6.07) is 5.88. The number of benzene rings is 1. The van der Waals surface area contributed by atoms with Gasteiger partial charge in [0.1, 0.15) is 0 Å². The molecule has 1 aliphatic rings. The third-order valence-corrected chi connectivity index (χ3v) is 6.12. The molecule has 0 radical (unpaired) electrons. The Balaban J connectivity index is 2.10. The van der Waals surface area contributed by atoms with E-state index in [0.29, 0.717) is 4.31 Å². The molecule has 1 aliphatic heterocycles. The summed E-state index contributed by atoms with van der Waals surface area (Å²) in [7, 11) is -4.05. The highest BCUT2D eigenvalue weighted by Crippen LogP contribution is 2.36. The van der Waals surface area contributed by atoms with Crippen molar-refractivity contribution in [2.45, 2.75) is 4.90 Å². The van der Waals surface area contributed by atoms with E-state index in [2.05, 4.69) is 23.5 Å². The van der Waals surface area contributed by atoms with Gasteiger partial charge < -0.3 is 5.11 Å². The number of rotatable bonds is 4. The lowest BCUT2D eigenvalue weighted by Crippen LogP contribution is -2.36. The van der Waals surface area contributed by atoms with Crippen LogP contribution in [0.2, 0.25) is 0 Å². The summed E-state index contributed by atoms with van der Waals surface area (Å²) in [5.41, 5.74) is -0.388. The van der Waals surface area contributed by atoms with E-state index in [4.69, 9.17) is 0 Å². The zero-order valence-corrected chi connectivity index (χ0v) is 14.5. The first-order chi connectivity index (χ1) is 11.9. The Bertz CT molecular complexity index is 1020. The zero-order valence-electron chi connectivity index (χ0n) is 12.8. The quantitative estimate of drug-likeness (QED) is 0.856. The molecular formula is C16H13N3O4S2. The van der Waals surface area contributed by atoms with Crippen molar-refractivity contribution in [3.05, 3.63) is 66.0 Å². The van der Waals surface area contributed by atoms with Gasteiger partial charge in [-0.25, -0.2) is 17.7 Å². The molecule has 2 aromatic rings. The maximum absolute atomic E-state index is 12.7. The number of sulfonamides is 1. The molecule has 0 spiro atoms. The van der Waals surface area contributed by atoms with Crippen LogP contribution in [0.3, 0.4) is 0 Å². The molecule has 0 unspecified atom stereocenters. The molecule has 1 aromatic carbocycles. The molecule has 0 bridgehead atoms. The Morgan fingerprint density at radius 1 is 1.32 bits per heavy atom. The number of nitrogens with one attached hydrogen (secondary N) is 1. The molecule has 25 heavy (non-hydrogen) atoms. The number of nitrogens with zero attached hydrogens (tertiary/aromatic N) is 2. The Labute approximate surface area is 148 Å². The summed E-state index contributed by atoms with van der Waals surface area (Å²) in [6.07, 6.45) is 4.05. The van der Waals surface area contributed by atoms with Crippen molar-refractivity contribution in [3.63, 3.8) is 0 Å². The number of fused-ring (bicyclic) bond motifs is 1. The molecule has 0 aliphatic carbocycles. The molecule has 1 aromatic heterocycles. The predicted molar refractivity (Wildman–Crippen MR) is 96.0 cm³/mol. The number of carbonyl (C=O) groups excluding carboxylic acids is 1. The van der Waals surface area contributed by atoms with Gasteiger partial charge in [-0.1, -0.05) is 42.7 Å². The van der Waals surface area contributed by atoms with Crippen LogP contribution in [-0.2, 0) is 14.8 Å². The number of amides is 1. The maximum Gasteiger partial charge on any atom is 0.279 e. The van der Waals surface area contributed by atoms with Crippen molar-refractivity contribution in [3.8, 4) is 0 Å². The van der Waals surface area contributed by atoms with Crippen LogP contribution in [0.4, 0.5) is 5.13 Å². The summed E-state index contributed by atoms with van der Waals surface area (Å²) in [5, 5.41) is 13.2. The lowest BCUT2D eigenvalue weighted by molar-refractivity contribution is -0.113. The van der Waals surface area contributed by atoms with Crippen molar-refractivity contribution in [2.24, 2.45) is 0 Å². The van der Waals surface area contributed by atoms with Gasteiger partial charge >= 0.3 is 0 Å². The standard InChI is InChI=1S/C16H13N3O4S2/c1-3-10-9-17-16(24-10)18-15(21)13-14(20)11-7-5-6-8-12(11)25(22,23)19(13)4-2/h3-9,20H,1-2H2,(H,17,18,21). The minimum atomic E-state index is -4.05. The van der Waals surface area contributed by atoms with E-state index in [1.807, 2.05) is 0 Å². The lowest BCUT2D eigenvalue weighted by atomic mass is 10.1. The highest BCUT2D eigenvalue weighted by Gasteiger charge is 2.38. The smallest absolute Gasteiger partial charge is 0.279 e. The average molecular weight is 375 g/mol. The van der Waals surface area contributed by atoms with Gasteiger partial charge in [0, 0.05) is 22.8 Å². The molecule has 0 saturated carbocycles. The van der Waals surface area contributed by atoms with Crippen molar-refractivity contribution in [1.82, 2.24) is 9.29 Å². The van der Waals surface area contributed by atoms with Crippen LogP contribution in [0.25, 0.3) is 11.8 Å². The molecule has 0 fully saturated rings. The number of anilines is 1. The minimum absolute atomic E-state index is 0.0525. The SMILES string of the molecule is C=Cc1cnc(NC(=O)C2=C(O)c3ccccc3S(=O)(=O)N2C=C)s1. The second-order valence-electron chi connectivity index (χ2n) is 4.90. The summed E-state index contributed by atoms with van der Waals surface area (Å²) >= 11 is 1.16. The summed E-state index contributed by atoms with van der Waals surface area (Å²) in [6.45, 7) is 7.04. The van der Waals surface area contributed by atoms with Crippen LogP contribution in [0.5, 0.6) is 0 Å². The molecule has 0 saturated heterocycles. The van der Waals surface area contributed by atoms with E-state index in [9.17, 15) is 18.3 Å². The van der Waals surface area contributed by atoms with Crippen LogP contribution in [0.1, 0.15) is 10.4 Å². The molecule has 7 nitrogen and oxygen atoms in total. The van der Waals surface area contributed by atoms with Crippen molar-refractivity contribution in [1.29, 1.82) is 0 Å². The first-order valence-corrected chi connectivity index (χ1v) is 9.25. The van der Waals surface area contributed by atoms with Gasteiger partial charge in [-0.2, -0.15) is 0 Å². The van der Waals surface area contributed by atoms with Gasteiger partial charge in [-0.15, -0.1) is 0 Å². The van der Waals surface area contributed by atoms with E-state index in [1.165, 1.54) is 24.4 Å². The fraction of sp³-hybridized carbons (Fsp3) is 0. The fourth-order valence-corrected chi connectivity index (χ4v) is 4.51. The third kappa shape index (κ3) is 2.73. The number of carbonyl (C=O) groups is 1. The third-order valence-electron chi connectivity index (χ3n) is 3.45. The molecule has 2 heterocycles. The largest absolute Gasteiger partial charge is 0.505 e. The Morgan fingerprint density at radius 3 is 2.68 bits per heavy atom. The van der Waals surface area contributed by atoms with E-state index in [1.54, 1.807) is 12.1 Å². The molecule has 0 atom stereocenters. The predicted octanol–water partition coefficient (Wildman–Crippen LogP) is 2.80. The number of hydrogen-bond donors (Lipinski definition) is 2. The number of aliphatic hydroxyl groups excluding tert-OH is 1. The summed E-state index contributed by atoms with van der Waals surface area (Å²) in [5.74, 6) is -1.27. The van der Waals surface area contributed by atoms with Crippen LogP contribution in [0, 0.1) is 0 Å². The molecular weight excluding hydrogens is 362 g/mol. The maximum atomic E-state index is 12.7. The monoisotopic (exact) mass is 375 g/mol. The van der Waals surface area contributed by atoms with Crippen LogP contribution in [0.15, 0.2) is 60.4 Å². The van der Waals surface area contributed by atoms with Gasteiger partial charge in [0.15, 0.2) is 16.6 Å². The first-order valence-electron chi connectivity index (χ1n) is 6.99. The number of thiazole rings is 1. The van der Waals surface area contributed by atoms with Gasteiger partial charge in [-0.3, -0.25) is 10.1 Å². The second-order valence-corrected chi connectivity index (χ2v) is 7.75. The van der Waals surface area contributed by atoms with E-state index in [0.717, 1.165) is 22.4 Å². The normalized spacial score (nSPS) is 15.4. The molecule has 128 valence electrons. The Morgan fingerprint density at radius 2 is 2.04 bits per heavy atom. The Kier molecular flexibility index (Phi) is 4.19. The zero-order chi connectivity index (χ0) is 18.2. The van der Waals surface area contributed by atoms with Crippen molar-refractivity contribution >= 4 is 44.2 Å². The van der Waals surface area contributed by atoms with Crippen molar-refractivity contribution in [2.75, 3.05) is 5.32 Å². The lowest BCUT2D eigenvalue weighted by Gasteiger charge is -2.28. The first kappa shape index (κ1) is 16.9.